The van der Waals surface area contributed by atoms with Gasteiger partial charge in [-0.15, -0.1) is 0 Å². The molecule has 0 N–H and O–H groups in total. The molecule has 0 aromatic heterocycles. The summed E-state index contributed by atoms with van der Waals surface area (Å²) in [6.45, 7) is 17.1. The standard InChI is InChI=1S/C13H26O2.C11H16/c1-13(2,3)15-10-12-7-5-11(6-8-12)9-14-4;1-9-5-7-10(8-6-9)11(2,3)4/h11-12H,5-10H2,1-4H3;5-8H,1-4H3. The third kappa shape index (κ3) is 9.73. The molecular weight excluding hydrogens is 320 g/mol. The molecule has 0 atom stereocenters. The molecule has 2 heteroatoms. The topological polar surface area (TPSA) is 18.5 Å². The molecule has 1 aromatic rings. The van der Waals surface area contributed by atoms with Crippen LogP contribution in [0.25, 0.3) is 0 Å². The first-order valence-electron chi connectivity index (χ1n) is 10.2. The number of rotatable bonds is 4. The zero-order valence-corrected chi connectivity index (χ0v) is 18.5. The Morgan fingerprint density at radius 1 is 0.808 bits per heavy atom. The largest absolute Gasteiger partial charge is 0.384 e. The van der Waals surface area contributed by atoms with Crippen molar-refractivity contribution in [2.75, 3.05) is 20.3 Å². The van der Waals surface area contributed by atoms with Crippen molar-refractivity contribution in [3.05, 3.63) is 35.4 Å². The van der Waals surface area contributed by atoms with Crippen LogP contribution in [0.5, 0.6) is 0 Å². The van der Waals surface area contributed by atoms with Crippen molar-refractivity contribution >= 4 is 0 Å². The average Bonchev–Trinajstić information content (AvgIpc) is 2.54. The molecule has 0 unspecified atom stereocenters. The molecule has 0 heterocycles. The second-order valence-electron chi connectivity index (χ2n) is 9.88. The summed E-state index contributed by atoms with van der Waals surface area (Å²) in [6, 6.07) is 8.74. The van der Waals surface area contributed by atoms with Gasteiger partial charge in [0.1, 0.15) is 0 Å². The van der Waals surface area contributed by atoms with E-state index in [1.54, 1.807) is 7.11 Å². The molecule has 1 aliphatic carbocycles. The Hall–Kier alpha value is -0.860. The van der Waals surface area contributed by atoms with E-state index in [-0.39, 0.29) is 11.0 Å². The minimum Gasteiger partial charge on any atom is -0.384 e. The molecule has 0 radical (unpaired) electrons. The fraction of sp³-hybridized carbons (Fsp3) is 0.750. The van der Waals surface area contributed by atoms with Crippen LogP contribution < -0.4 is 0 Å². The van der Waals surface area contributed by atoms with E-state index in [1.807, 2.05) is 0 Å². The molecule has 0 amide bonds. The van der Waals surface area contributed by atoms with Gasteiger partial charge in [-0.05, 0) is 76.2 Å². The molecule has 150 valence electrons. The Morgan fingerprint density at radius 3 is 1.65 bits per heavy atom. The highest BCUT2D eigenvalue weighted by atomic mass is 16.5. The van der Waals surface area contributed by atoms with Crippen molar-refractivity contribution in [3.8, 4) is 0 Å². The predicted molar refractivity (Wildman–Crippen MR) is 113 cm³/mol. The quantitative estimate of drug-likeness (QED) is 0.605. The van der Waals surface area contributed by atoms with Crippen LogP contribution in [-0.2, 0) is 14.9 Å². The summed E-state index contributed by atoms with van der Waals surface area (Å²) in [5, 5.41) is 0. The minimum absolute atomic E-state index is 0.0172. The van der Waals surface area contributed by atoms with E-state index < -0.39 is 0 Å². The predicted octanol–water partition coefficient (Wildman–Crippen LogP) is 6.55. The lowest BCUT2D eigenvalue weighted by molar-refractivity contribution is -0.0321. The van der Waals surface area contributed by atoms with E-state index in [1.165, 1.54) is 36.8 Å². The highest BCUT2D eigenvalue weighted by Gasteiger charge is 2.22. The molecule has 26 heavy (non-hydrogen) atoms. The summed E-state index contributed by atoms with van der Waals surface area (Å²) >= 11 is 0. The molecule has 1 saturated carbocycles. The van der Waals surface area contributed by atoms with Crippen molar-refractivity contribution in [2.45, 2.75) is 85.2 Å². The maximum atomic E-state index is 5.83. The van der Waals surface area contributed by atoms with Crippen LogP contribution in [0.4, 0.5) is 0 Å². The van der Waals surface area contributed by atoms with Crippen LogP contribution >= 0.6 is 0 Å². The maximum absolute atomic E-state index is 5.83. The first kappa shape index (κ1) is 23.2. The van der Waals surface area contributed by atoms with E-state index in [9.17, 15) is 0 Å². The lowest BCUT2D eigenvalue weighted by Gasteiger charge is -2.30. The average molecular weight is 363 g/mol. The number of hydrogen-bond acceptors (Lipinski definition) is 2. The van der Waals surface area contributed by atoms with Crippen molar-refractivity contribution in [1.82, 2.24) is 0 Å². The van der Waals surface area contributed by atoms with E-state index in [4.69, 9.17) is 9.47 Å². The zero-order chi connectivity index (χ0) is 19.8. The monoisotopic (exact) mass is 362 g/mol. The second-order valence-corrected chi connectivity index (χ2v) is 9.88. The van der Waals surface area contributed by atoms with Gasteiger partial charge in [-0.2, -0.15) is 0 Å². The van der Waals surface area contributed by atoms with Crippen LogP contribution in [0.2, 0.25) is 0 Å². The van der Waals surface area contributed by atoms with Gasteiger partial charge in [-0.1, -0.05) is 50.6 Å². The van der Waals surface area contributed by atoms with Crippen molar-refractivity contribution in [1.29, 1.82) is 0 Å². The van der Waals surface area contributed by atoms with Gasteiger partial charge in [0, 0.05) is 13.7 Å². The van der Waals surface area contributed by atoms with Gasteiger partial charge < -0.3 is 9.47 Å². The molecule has 1 aromatic carbocycles. The first-order valence-corrected chi connectivity index (χ1v) is 10.2. The van der Waals surface area contributed by atoms with Gasteiger partial charge in [-0.25, -0.2) is 0 Å². The molecule has 2 nitrogen and oxygen atoms in total. The Morgan fingerprint density at radius 2 is 1.27 bits per heavy atom. The van der Waals surface area contributed by atoms with Crippen molar-refractivity contribution < 1.29 is 9.47 Å². The first-order chi connectivity index (χ1) is 12.0. The summed E-state index contributed by atoms with van der Waals surface area (Å²) in [7, 11) is 1.80. The van der Waals surface area contributed by atoms with Crippen LogP contribution in [0.15, 0.2) is 24.3 Å². The third-order valence-electron chi connectivity index (χ3n) is 5.04. The van der Waals surface area contributed by atoms with E-state index in [0.717, 1.165) is 25.0 Å². The molecule has 1 fully saturated rings. The van der Waals surface area contributed by atoms with E-state index in [0.29, 0.717) is 0 Å². The Balaban J connectivity index is 0.000000273. The minimum atomic E-state index is 0.0172. The van der Waals surface area contributed by atoms with E-state index >= 15 is 0 Å². The molecular formula is C24H42O2. The SMILES string of the molecule is COCC1CCC(COC(C)(C)C)CC1.Cc1ccc(C(C)(C)C)cc1. The lowest BCUT2D eigenvalue weighted by Crippen LogP contribution is -2.26. The van der Waals surface area contributed by atoms with Crippen LogP contribution in [0.3, 0.4) is 0 Å². The molecule has 0 aliphatic heterocycles. The van der Waals surface area contributed by atoms with Crippen LogP contribution in [-0.4, -0.2) is 25.9 Å². The molecule has 0 saturated heterocycles. The molecule has 2 rings (SSSR count). The molecule has 0 spiro atoms. The van der Waals surface area contributed by atoms with Crippen molar-refractivity contribution in [2.24, 2.45) is 11.8 Å². The van der Waals surface area contributed by atoms with Crippen molar-refractivity contribution in [3.63, 3.8) is 0 Å². The summed E-state index contributed by atoms with van der Waals surface area (Å²) in [5.74, 6) is 1.57. The normalized spacial score (nSPS) is 21.1. The van der Waals surface area contributed by atoms with E-state index in [2.05, 4.69) is 72.7 Å². The maximum Gasteiger partial charge on any atom is 0.0598 e. The number of aryl methyl sites for hydroxylation is 1. The van der Waals surface area contributed by atoms with Crippen LogP contribution in [0, 0.1) is 18.8 Å². The number of ether oxygens (including phenoxy) is 2. The number of hydrogen-bond donors (Lipinski definition) is 0. The molecule has 1 aliphatic rings. The Labute approximate surface area is 162 Å². The molecule has 0 bridgehead atoms. The summed E-state index contributed by atoms with van der Waals surface area (Å²) < 4.78 is 11.0. The van der Waals surface area contributed by atoms with Crippen LogP contribution in [0.1, 0.15) is 78.4 Å². The Bertz CT molecular complexity index is 482. The van der Waals surface area contributed by atoms with Gasteiger partial charge in [0.2, 0.25) is 0 Å². The summed E-state index contributed by atoms with van der Waals surface area (Å²) in [6.07, 6.45) is 5.24. The van der Waals surface area contributed by atoms with Gasteiger partial charge in [0.05, 0.1) is 12.2 Å². The highest BCUT2D eigenvalue weighted by Crippen LogP contribution is 2.29. The number of methoxy groups -OCH3 is 1. The fourth-order valence-electron chi connectivity index (χ4n) is 3.22. The second kappa shape index (κ2) is 10.5. The van der Waals surface area contributed by atoms with Gasteiger partial charge >= 0.3 is 0 Å². The van der Waals surface area contributed by atoms with Gasteiger partial charge in [0.25, 0.3) is 0 Å². The fourth-order valence-corrected chi connectivity index (χ4v) is 3.22. The zero-order valence-electron chi connectivity index (χ0n) is 18.5. The summed E-state index contributed by atoms with van der Waals surface area (Å²) in [4.78, 5) is 0. The van der Waals surface area contributed by atoms with Gasteiger partial charge in [-0.3, -0.25) is 0 Å². The summed E-state index contributed by atoms with van der Waals surface area (Å²) in [5.41, 5.74) is 3.04. The Kier molecular flexibility index (Phi) is 9.33. The third-order valence-corrected chi connectivity index (χ3v) is 5.04. The highest BCUT2D eigenvalue weighted by molar-refractivity contribution is 5.26. The lowest BCUT2D eigenvalue weighted by atomic mass is 9.83. The smallest absolute Gasteiger partial charge is 0.0598 e. The van der Waals surface area contributed by atoms with Gasteiger partial charge in [0.15, 0.2) is 0 Å². The number of benzene rings is 1.